The van der Waals surface area contributed by atoms with Gasteiger partial charge < -0.3 is 10.4 Å². The highest BCUT2D eigenvalue weighted by atomic mass is 79.9. The first-order chi connectivity index (χ1) is 5.77. The van der Waals surface area contributed by atoms with Gasteiger partial charge in [0.2, 0.25) is 0 Å². The Bertz CT molecular complexity index is 239. The van der Waals surface area contributed by atoms with Crippen molar-refractivity contribution in [2.45, 2.75) is 12.5 Å². The average molecular weight is 250 g/mol. The van der Waals surface area contributed by atoms with Gasteiger partial charge in [0.05, 0.1) is 3.79 Å². The summed E-state index contributed by atoms with van der Waals surface area (Å²) in [7, 11) is 1.91. The second-order valence-corrected chi connectivity index (χ2v) is 4.99. The minimum atomic E-state index is 0.223. The van der Waals surface area contributed by atoms with Crippen LogP contribution in [0.15, 0.2) is 15.9 Å². The molecule has 1 aromatic rings. The van der Waals surface area contributed by atoms with Crippen LogP contribution in [-0.4, -0.2) is 18.8 Å². The fourth-order valence-corrected chi connectivity index (χ4v) is 2.64. The van der Waals surface area contributed by atoms with Crippen molar-refractivity contribution in [2.75, 3.05) is 13.7 Å². The molecule has 4 heteroatoms. The lowest BCUT2D eigenvalue weighted by Crippen LogP contribution is -2.16. The van der Waals surface area contributed by atoms with Crippen LogP contribution >= 0.6 is 27.3 Å². The van der Waals surface area contributed by atoms with Crippen LogP contribution in [0.5, 0.6) is 0 Å². The van der Waals surface area contributed by atoms with Crippen molar-refractivity contribution in [3.05, 3.63) is 20.8 Å². The number of thiophene rings is 1. The summed E-state index contributed by atoms with van der Waals surface area (Å²) >= 11 is 5.11. The van der Waals surface area contributed by atoms with Crippen molar-refractivity contribution in [2.24, 2.45) is 0 Å². The third-order valence-corrected chi connectivity index (χ3v) is 3.44. The molecule has 0 fully saturated rings. The smallest absolute Gasteiger partial charge is 0.0701 e. The standard InChI is InChI=1S/C8H12BrNOS/c1-10-6(4-5-11)7-2-3-8(9)12-7/h2-3,6,10-11H,4-5H2,1H3. The van der Waals surface area contributed by atoms with E-state index in [1.54, 1.807) is 11.3 Å². The average Bonchev–Trinajstić information content (AvgIpc) is 2.47. The summed E-state index contributed by atoms with van der Waals surface area (Å²) in [5.74, 6) is 0. The highest BCUT2D eigenvalue weighted by Crippen LogP contribution is 2.28. The van der Waals surface area contributed by atoms with Crippen molar-refractivity contribution < 1.29 is 5.11 Å². The SMILES string of the molecule is CNC(CCO)c1ccc(Br)s1. The fourth-order valence-electron chi connectivity index (χ4n) is 1.07. The molecule has 0 amide bonds. The van der Waals surface area contributed by atoms with Gasteiger partial charge in [0.1, 0.15) is 0 Å². The van der Waals surface area contributed by atoms with E-state index in [0.29, 0.717) is 0 Å². The number of aliphatic hydroxyl groups is 1. The Morgan fingerprint density at radius 2 is 2.42 bits per heavy atom. The Kier molecular flexibility index (Phi) is 4.21. The van der Waals surface area contributed by atoms with Crippen LogP contribution < -0.4 is 5.32 Å². The van der Waals surface area contributed by atoms with Crippen molar-refractivity contribution in [1.82, 2.24) is 5.32 Å². The van der Waals surface area contributed by atoms with E-state index in [-0.39, 0.29) is 12.6 Å². The molecule has 0 bridgehead atoms. The molecule has 2 nitrogen and oxygen atoms in total. The normalized spacial score (nSPS) is 13.2. The van der Waals surface area contributed by atoms with Gasteiger partial charge >= 0.3 is 0 Å². The van der Waals surface area contributed by atoms with Gasteiger partial charge in [0, 0.05) is 17.5 Å². The van der Waals surface area contributed by atoms with Crippen LogP contribution in [0.4, 0.5) is 0 Å². The Labute approximate surface area is 84.7 Å². The van der Waals surface area contributed by atoms with E-state index in [4.69, 9.17) is 5.11 Å². The first kappa shape index (κ1) is 10.2. The van der Waals surface area contributed by atoms with Crippen LogP contribution in [0, 0.1) is 0 Å². The minimum absolute atomic E-state index is 0.223. The Balaban J connectivity index is 2.66. The Morgan fingerprint density at radius 1 is 1.67 bits per heavy atom. The molecule has 0 radical (unpaired) electrons. The summed E-state index contributed by atoms with van der Waals surface area (Å²) in [6.07, 6.45) is 0.767. The molecule has 0 aliphatic rings. The molecule has 0 saturated carbocycles. The van der Waals surface area contributed by atoms with Crippen LogP contribution in [-0.2, 0) is 0 Å². The predicted octanol–water partition coefficient (Wildman–Crippen LogP) is 2.15. The largest absolute Gasteiger partial charge is 0.396 e. The summed E-state index contributed by atoms with van der Waals surface area (Å²) in [6, 6.07) is 4.39. The van der Waals surface area contributed by atoms with E-state index >= 15 is 0 Å². The third-order valence-electron chi connectivity index (χ3n) is 1.70. The maximum Gasteiger partial charge on any atom is 0.0701 e. The van der Waals surface area contributed by atoms with Gasteiger partial charge in [0.25, 0.3) is 0 Å². The molecule has 1 unspecified atom stereocenters. The first-order valence-electron chi connectivity index (χ1n) is 3.81. The number of aliphatic hydroxyl groups excluding tert-OH is 1. The van der Waals surface area contributed by atoms with Crippen LogP contribution in [0.1, 0.15) is 17.3 Å². The summed E-state index contributed by atoms with van der Waals surface area (Å²) in [5, 5.41) is 12.0. The van der Waals surface area contributed by atoms with Gasteiger partial charge in [-0.2, -0.15) is 0 Å². The third kappa shape index (κ3) is 2.55. The molecular formula is C8H12BrNOS. The van der Waals surface area contributed by atoms with E-state index in [1.807, 2.05) is 13.1 Å². The quantitative estimate of drug-likeness (QED) is 0.858. The molecular weight excluding hydrogens is 238 g/mol. The maximum atomic E-state index is 8.79. The van der Waals surface area contributed by atoms with Gasteiger partial charge in [-0.25, -0.2) is 0 Å². The zero-order valence-electron chi connectivity index (χ0n) is 6.88. The molecule has 1 rings (SSSR count). The monoisotopic (exact) mass is 249 g/mol. The van der Waals surface area contributed by atoms with Gasteiger partial charge in [-0.1, -0.05) is 0 Å². The second-order valence-electron chi connectivity index (χ2n) is 2.50. The molecule has 1 atom stereocenters. The summed E-state index contributed by atoms with van der Waals surface area (Å²) in [6.45, 7) is 0.223. The number of rotatable bonds is 4. The predicted molar refractivity (Wildman–Crippen MR) is 55.5 cm³/mol. The molecule has 0 aromatic carbocycles. The summed E-state index contributed by atoms with van der Waals surface area (Å²) in [4.78, 5) is 1.26. The number of hydrogen-bond acceptors (Lipinski definition) is 3. The van der Waals surface area contributed by atoms with Crippen molar-refractivity contribution in [1.29, 1.82) is 0 Å². The number of halogens is 1. The molecule has 68 valence electrons. The zero-order valence-corrected chi connectivity index (χ0v) is 9.28. The molecule has 0 saturated heterocycles. The van der Waals surface area contributed by atoms with Crippen molar-refractivity contribution in [3.63, 3.8) is 0 Å². The molecule has 1 heterocycles. The second kappa shape index (κ2) is 4.97. The maximum absolute atomic E-state index is 8.79. The Hall–Kier alpha value is 0.1000. The van der Waals surface area contributed by atoms with E-state index in [0.717, 1.165) is 10.2 Å². The molecule has 1 aromatic heterocycles. The first-order valence-corrected chi connectivity index (χ1v) is 5.42. The summed E-state index contributed by atoms with van der Waals surface area (Å²) < 4.78 is 1.13. The van der Waals surface area contributed by atoms with Crippen LogP contribution in [0.25, 0.3) is 0 Å². The topological polar surface area (TPSA) is 32.3 Å². The Morgan fingerprint density at radius 3 is 2.83 bits per heavy atom. The highest BCUT2D eigenvalue weighted by Gasteiger charge is 2.09. The lowest BCUT2D eigenvalue weighted by atomic mass is 10.2. The molecule has 0 spiro atoms. The lowest BCUT2D eigenvalue weighted by molar-refractivity contribution is 0.269. The lowest BCUT2D eigenvalue weighted by Gasteiger charge is -2.11. The van der Waals surface area contributed by atoms with Crippen molar-refractivity contribution in [3.8, 4) is 0 Å². The van der Waals surface area contributed by atoms with Gasteiger partial charge in [-0.05, 0) is 41.5 Å². The minimum Gasteiger partial charge on any atom is -0.396 e. The van der Waals surface area contributed by atoms with E-state index < -0.39 is 0 Å². The van der Waals surface area contributed by atoms with Gasteiger partial charge in [0.15, 0.2) is 0 Å². The fraction of sp³-hybridized carbons (Fsp3) is 0.500. The highest BCUT2D eigenvalue weighted by molar-refractivity contribution is 9.11. The van der Waals surface area contributed by atoms with Crippen LogP contribution in [0.2, 0.25) is 0 Å². The van der Waals surface area contributed by atoms with E-state index in [1.165, 1.54) is 4.88 Å². The van der Waals surface area contributed by atoms with Crippen molar-refractivity contribution >= 4 is 27.3 Å². The zero-order chi connectivity index (χ0) is 8.97. The van der Waals surface area contributed by atoms with E-state index in [2.05, 4.69) is 27.3 Å². The molecule has 0 aliphatic carbocycles. The molecule has 2 N–H and O–H groups in total. The number of hydrogen-bond donors (Lipinski definition) is 2. The van der Waals surface area contributed by atoms with Gasteiger partial charge in [-0.3, -0.25) is 0 Å². The number of nitrogens with one attached hydrogen (secondary N) is 1. The van der Waals surface area contributed by atoms with Gasteiger partial charge in [-0.15, -0.1) is 11.3 Å². The molecule has 12 heavy (non-hydrogen) atoms. The van der Waals surface area contributed by atoms with E-state index in [9.17, 15) is 0 Å². The van der Waals surface area contributed by atoms with Crippen LogP contribution in [0.3, 0.4) is 0 Å². The summed E-state index contributed by atoms with van der Waals surface area (Å²) in [5.41, 5.74) is 0. The molecule has 0 aliphatic heterocycles.